The van der Waals surface area contributed by atoms with Crippen molar-refractivity contribution >= 4 is 39.0 Å². The molecule has 13 heteroatoms. The Morgan fingerprint density at radius 3 is 3.09 bits per heavy atom. The van der Waals surface area contributed by atoms with Gasteiger partial charge in [-0.25, -0.2) is 0 Å². The van der Waals surface area contributed by atoms with Gasteiger partial charge in [0.15, 0.2) is 0 Å². The number of nitrogen functional groups attached to an aromatic ring is 1. The van der Waals surface area contributed by atoms with Gasteiger partial charge in [-0.3, -0.25) is 0 Å². The van der Waals surface area contributed by atoms with Crippen molar-refractivity contribution in [1.82, 2.24) is 19.5 Å². The van der Waals surface area contributed by atoms with E-state index in [1.807, 2.05) is 0 Å². The summed E-state index contributed by atoms with van der Waals surface area (Å²) >= 11 is 1.53. The average Bonchev–Trinajstić information content (AvgIpc) is 2.99. The number of hydrogen-bond donors (Lipinski definition) is 4. The molecule has 11 nitrogen and oxygen atoms in total. The third kappa shape index (κ3) is 3.48. The normalized spacial score (nSPS) is 27.3. The fraction of sp³-hybridized carbons (Fsp3) is 0.500. The summed E-state index contributed by atoms with van der Waals surface area (Å²) in [4.78, 5) is 31.2. The molecule has 1 aliphatic heterocycles. The molecule has 0 aliphatic carbocycles. The van der Waals surface area contributed by atoms with Crippen LogP contribution < -0.4 is 11.3 Å². The number of nitrogens with one attached hydrogen (secondary N) is 1. The molecule has 0 bridgehead atoms. The Bertz CT molecular complexity index is 833. The van der Waals surface area contributed by atoms with Crippen LogP contribution in [0.25, 0.3) is 11.2 Å². The molecule has 4 atom stereocenters. The molecular formula is C10H14N5O6PSe. The van der Waals surface area contributed by atoms with Gasteiger partial charge in [-0.05, 0) is 0 Å². The molecule has 23 heavy (non-hydrogen) atoms. The number of aliphatic hydroxyl groups is 1. The summed E-state index contributed by atoms with van der Waals surface area (Å²) in [5.41, 5.74) is 5.37. The van der Waals surface area contributed by atoms with Crippen LogP contribution in [-0.2, 0) is 13.8 Å². The van der Waals surface area contributed by atoms with E-state index in [0.29, 0.717) is 0 Å². The van der Waals surface area contributed by atoms with Crippen molar-refractivity contribution in [3.05, 3.63) is 16.7 Å². The predicted molar refractivity (Wildman–Crippen MR) is 80.0 cm³/mol. The number of anilines is 1. The van der Waals surface area contributed by atoms with Crippen molar-refractivity contribution in [3.63, 3.8) is 0 Å². The van der Waals surface area contributed by atoms with Crippen LogP contribution in [-0.4, -0.2) is 63.9 Å². The van der Waals surface area contributed by atoms with Gasteiger partial charge in [-0.15, -0.1) is 0 Å². The van der Waals surface area contributed by atoms with Gasteiger partial charge in [0.1, 0.15) is 0 Å². The second-order valence-corrected chi connectivity index (χ2v) is 9.41. The van der Waals surface area contributed by atoms with Gasteiger partial charge in [-0.2, -0.15) is 0 Å². The monoisotopic (exact) mass is 411 g/mol. The van der Waals surface area contributed by atoms with Crippen LogP contribution in [0.4, 0.5) is 5.95 Å². The zero-order chi connectivity index (χ0) is 16.8. The molecule has 1 saturated heterocycles. The molecule has 4 unspecified atom stereocenters. The first-order chi connectivity index (χ1) is 10.7. The molecule has 0 amide bonds. The van der Waals surface area contributed by atoms with Gasteiger partial charge in [-0.1, -0.05) is 0 Å². The summed E-state index contributed by atoms with van der Waals surface area (Å²) in [5.74, 6) is -0.0624. The molecule has 2 aromatic rings. The third-order valence-corrected chi connectivity index (χ3v) is 4.58. The first-order valence-corrected chi connectivity index (χ1v) is 10.6. The van der Waals surface area contributed by atoms with Crippen LogP contribution in [0.5, 0.6) is 0 Å². The molecule has 0 aromatic carbocycles. The van der Waals surface area contributed by atoms with Crippen molar-refractivity contribution in [2.45, 2.75) is 24.9 Å². The second kappa shape index (κ2) is 5.99. The van der Waals surface area contributed by atoms with Crippen LogP contribution in [0, 0.1) is 0 Å². The molecule has 126 valence electrons. The molecule has 1 aliphatic rings. The van der Waals surface area contributed by atoms with Gasteiger partial charge < -0.3 is 0 Å². The SMILES string of the molecule is Nc1nc2c(ncn2C2CC(O)C(COP(=O)(O)[SeH])O2)c(=O)[nH]1. The summed E-state index contributed by atoms with van der Waals surface area (Å²) in [5, 5.41) is 10.0. The molecule has 0 spiro atoms. The Hall–Kier alpha value is -1.26. The van der Waals surface area contributed by atoms with Crippen molar-refractivity contribution in [2.75, 3.05) is 12.3 Å². The number of ether oxygens (including phenoxy) is 1. The Morgan fingerprint density at radius 1 is 1.65 bits per heavy atom. The van der Waals surface area contributed by atoms with Crippen LogP contribution in [0.2, 0.25) is 0 Å². The number of rotatable bonds is 4. The maximum absolute atomic E-state index is 11.7. The Balaban J connectivity index is 1.84. The fourth-order valence-electron chi connectivity index (χ4n) is 2.36. The number of H-pyrrole nitrogens is 1. The van der Waals surface area contributed by atoms with Gasteiger partial charge in [0, 0.05) is 0 Å². The Labute approximate surface area is 136 Å². The van der Waals surface area contributed by atoms with E-state index in [2.05, 4.69) is 15.0 Å². The first kappa shape index (κ1) is 16.6. The van der Waals surface area contributed by atoms with Gasteiger partial charge in [0.05, 0.1) is 0 Å². The summed E-state index contributed by atoms with van der Waals surface area (Å²) in [6.07, 6.45) is -4.53. The second-order valence-electron chi connectivity index (χ2n) is 4.99. The Morgan fingerprint density at radius 2 is 2.39 bits per heavy atom. The number of aromatic nitrogens is 4. The van der Waals surface area contributed by atoms with Crippen molar-refractivity contribution in [2.24, 2.45) is 0 Å². The summed E-state index contributed by atoms with van der Waals surface area (Å²) < 4.78 is 23.0. The average molecular weight is 410 g/mol. The van der Waals surface area contributed by atoms with Crippen molar-refractivity contribution < 1.29 is 23.8 Å². The van der Waals surface area contributed by atoms with E-state index in [0.717, 1.165) is 0 Å². The van der Waals surface area contributed by atoms with Gasteiger partial charge in [0.2, 0.25) is 0 Å². The summed E-state index contributed by atoms with van der Waals surface area (Å²) in [7, 11) is 0. The predicted octanol–water partition coefficient (Wildman–Crippen LogP) is -1.63. The van der Waals surface area contributed by atoms with E-state index in [1.165, 1.54) is 26.5 Å². The molecule has 0 saturated carbocycles. The standard InChI is InChI=1S/C10H14N5O6PSe/c11-10-13-8-7(9(17)14-10)12-3-15(8)6-1-4(16)5(21-6)2-20-22(18,19)23/h3-6,16H,1-2H2,(H2,18,19,23)(H3,11,13,14,17). The molecular weight excluding hydrogens is 396 g/mol. The summed E-state index contributed by atoms with van der Waals surface area (Å²) in [6.45, 7) is -0.247. The van der Waals surface area contributed by atoms with Crippen LogP contribution >= 0.6 is 6.29 Å². The zero-order valence-electron chi connectivity index (χ0n) is 11.6. The summed E-state index contributed by atoms with van der Waals surface area (Å²) in [6, 6.07) is 0. The number of aromatic amines is 1. The molecule has 3 heterocycles. The van der Waals surface area contributed by atoms with Gasteiger partial charge in [0.25, 0.3) is 0 Å². The number of nitrogens with zero attached hydrogens (tertiary/aromatic N) is 3. The molecule has 0 radical (unpaired) electrons. The topological polar surface area (TPSA) is 166 Å². The number of fused-ring (bicyclic) bond motifs is 1. The first-order valence-electron chi connectivity index (χ1n) is 6.50. The van der Waals surface area contributed by atoms with E-state index in [1.54, 1.807) is 0 Å². The van der Waals surface area contributed by atoms with E-state index in [-0.39, 0.29) is 30.1 Å². The fourth-order valence-corrected chi connectivity index (χ4v) is 3.12. The molecule has 1 fully saturated rings. The van der Waals surface area contributed by atoms with Crippen molar-refractivity contribution in [3.8, 4) is 0 Å². The quantitative estimate of drug-likeness (QED) is 0.342. The maximum atomic E-state index is 11.7. The van der Waals surface area contributed by atoms with Crippen molar-refractivity contribution in [1.29, 1.82) is 0 Å². The van der Waals surface area contributed by atoms with E-state index < -0.39 is 30.3 Å². The minimum atomic E-state index is -3.72. The molecule has 5 N–H and O–H groups in total. The van der Waals surface area contributed by atoms with E-state index >= 15 is 0 Å². The van der Waals surface area contributed by atoms with Crippen LogP contribution in [0.3, 0.4) is 0 Å². The number of aliphatic hydroxyl groups excluding tert-OH is 1. The third-order valence-electron chi connectivity index (χ3n) is 3.37. The van der Waals surface area contributed by atoms with E-state index in [9.17, 15) is 14.5 Å². The van der Waals surface area contributed by atoms with E-state index in [4.69, 9.17) is 19.9 Å². The van der Waals surface area contributed by atoms with Crippen LogP contribution in [0.15, 0.2) is 11.1 Å². The minimum absolute atomic E-state index is 0.0624. The molecule has 2 aromatic heterocycles. The van der Waals surface area contributed by atoms with Crippen LogP contribution in [0.1, 0.15) is 12.6 Å². The molecule has 3 rings (SSSR count). The number of imidazole rings is 1. The zero-order valence-corrected chi connectivity index (χ0v) is 14.3. The number of nitrogens with two attached hydrogens (primary N) is 1. The number of hydrogen-bond acceptors (Lipinski definition) is 8. The Kier molecular flexibility index (Phi) is 4.32. The van der Waals surface area contributed by atoms with Gasteiger partial charge >= 0.3 is 136 Å².